The van der Waals surface area contributed by atoms with Crippen molar-refractivity contribution >= 4 is 33.4 Å². The van der Waals surface area contributed by atoms with Gasteiger partial charge in [0.2, 0.25) is 0 Å². The topological polar surface area (TPSA) is 87.6 Å². The molecule has 19 heavy (non-hydrogen) atoms. The quantitative estimate of drug-likeness (QED) is 0.869. The summed E-state index contributed by atoms with van der Waals surface area (Å²) in [6.07, 6.45) is 2.58. The molecule has 0 radical (unpaired) electrons. The summed E-state index contributed by atoms with van der Waals surface area (Å²) in [4.78, 5) is 17.0. The maximum Gasteiger partial charge on any atom is 0.327 e. The number of hydrogen-bond acceptors (Lipinski definition) is 6. The Morgan fingerprint density at radius 1 is 1.58 bits per heavy atom. The van der Waals surface area contributed by atoms with Crippen LogP contribution in [-0.2, 0) is 14.6 Å². The zero-order chi connectivity index (χ0) is 14.0. The summed E-state index contributed by atoms with van der Waals surface area (Å²) in [6, 6.07) is 2.25. The average Bonchev–Trinajstić information content (AvgIpc) is 2.37. The van der Waals surface area contributed by atoms with Crippen LogP contribution < -0.4 is 4.90 Å². The highest BCUT2D eigenvalue weighted by Crippen LogP contribution is 2.28. The van der Waals surface area contributed by atoms with Crippen molar-refractivity contribution in [2.24, 2.45) is 0 Å². The Balaban J connectivity index is 2.48. The third-order valence-corrected chi connectivity index (χ3v) is 4.98. The van der Waals surface area contributed by atoms with Crippen molar-refractivity contribution in [3.05, 3.63) is 18.3 Å². The Morgan fingerprint density at radius 3 is 2.95 bits per heavy atom. The number of pyridine rings is 1. The first-order valence-corrected chi connectivity index (χ1v) is 8.68. The molecule has 2 heterocycles. The maximum atomic E-state index is 11.8. The van der Waals surface area contributed by atoms with E-state index in [4.69, 9.17) is 0 Å². The van der Waals surface area contributed by atoms with Crippen molar-refractivity contribution in [1.29, 1.82) is 0 Å². The van der Waals surface area contributed by atoms with Gasteiger partial charge in [-0.2, -0.15) is 11.8 Å². The van der Waals surface area contributed by atoms with Crippen LogP contribution in [0.1, 0.15) is 0 Å². The molecular formula is C11H14N2O4S2. The Labute approximate surface area is 115 Å². The first kappa shape index (κ1) is 14.1. The molecule has 6 nitrogen and oxygen atoms in total. The van der Waals surface area contributed by atoms with E-state index in [0.717, 1.165) is 12.0 Å². The highest BCUT2D eigenvalue weighted by Gasteiger charge is 2.32. The number of thioether (sulfide) groups is 1. The molecule has 8 heteroatoms. The second kappa shape index (κ2) is 5.38. The molecule has 1 N–H and O–H groups in total. The summed E-state index contributed by atoms with van der Waals surface area (Å²) in [5.41, 5.74) is 0. The lowest BCUT2D eigenvalue weighted by molar-refractivity contribution is -0.138. The van der Waals surface area contributed by atoms with Crippen molar-refractivity contribution in [2.75, 3.05) is 29.2 Å². The van der Waals surface area contributed by atoms with Crippen LogP contribution in [0.2, 0.25) is 0 Å². The molecule has 0 aromatic carbocycles. The van der Waals surface area contributed by atoms with E-state index in [2.05, 4.69) is 4.98 Å². The zero-order valence-electron chi connectivity index (χ0n) is 10.3. The van der Waals surface area contributed by atoms with Crippen LogP contribution in [0.25, 0.3) is 0 Å². The first-order chi connectivity index (χ1) is 8.91. The molecule has 2 rings (SSSR count). The van der Waals surface area contributed by atoms with Crippen molar-refractivity contribution in [1.82, 2.24) is 4.98 Å². The van der Waals surface area contributed by atoms with Gasteiger partial charge in [0.05, 0.1) is 0 Å². The lowest BCUT2D eigenvalue weighted by Gasteiger charge is -2.34. The summed E-state index contributed by atoms with van der Waals surface area (Å²) in [7, 11) is -3.44. The van der Waals surface area contributed by atoms with E-state index >= 15 is 0 Å². The third-order valence-electron chi connectivity index (χ3n) is 2.84. The predicted octanol–water partition coefficient (Wildman–Crippen LogP) is 0.491. The van der Waals surface area contributed by atoms with Gasteiger partial charge >= 0.3 is 5.97 Å². The lowest BCUT2D eigenvalue weighted by Crippen LogP contribution is -2.48. The van der Waals surface area contributed by atoms with Crippen LogP contribution in [-0.4, -0.2) is 54.8 Å². The fourth-order valence-electron chi connectivity index (χ4n) is 1.95. The number of anilines is 1. The van der Waals surface area contributed by atoms with Gasteiger partial charge in [-0.3, -0.25) is 0 Å². The second-order valence-corrected chi connectivity index (χ2v) is 7.35. The number of hydrogen-bond donors (Lipinski definition) is 1. The molecule has 0 spiro atoms. The number of aromatic nitrogens is 1. The molecule has 1 aliphatic heterocycles. The average molecular weight is 302 g/mol. The van der Waals surface area contributed by atoms with E-state index in [1.54, 1.807) is 16.7 Å². The first-order valence-electron chi connectivity index (χ1n) is 5.63. The minimum absolute atomic E-state index is 0.0770. The molecule has 1 unspecified atom stereocenters. The van der Waals surface area contributed by atoms with Crippen molar-refractivity contribution < 1.29 is 18.3 Å². The molecule has 0 bridgehead atoms. The summed E-state index contributed by atoms with van der Waals surface area (Å²) >= 11 is 1.54. The molecular weight excluding hydrogens is 288 g/mol. The number of carboxylic acid groups (broad SMARTS) is 1. The van der Waals surface area contributed by atoms with Gasteiger partial charge in [-0.05, 0) is 12.1 Å². The number of aliphatic carboxylic acids is 1. The van der Waals surface area contributed by atoms with Gasteiger partial charge in [-0.1, -0.05) is 0 Å². The Hall–Kier alpha value is -1.28. The standard InChI is InChI=1S/C11H14N2O4S2/c1-19(16,17)9-3-2-4-12-10(9)13-5-6-18-7-8(13)11(14)15/h2-4,8H,5-7H2,1H3,(H,14,15). The molecule has 1 atom stereocenters. The van der Waals surface area contributed by atoms with Crippen LogP contribution in [0.15, 0.2) is 23.2 Å². The van der Waals surface area contributed by atoms with Gasteiger partial charge < -0.3 is 10.0 Å². The predicted molar refractivity (Wildman–Crippen MR) is 73.4 cm³/mol. The second-order valence-electron chi connectivity index (χ2n) is 4.22. The summed E-state index contributed by atoms with van der Waals surface area (Å²) < 4.78 is 23.5. The van der Waals surface area contributed by atoms with Crippen molar-refractivity contribution in [3.8, 4) is 0 Å². The molecule has 0 amide bonds. The maximum absolute atomic E-state index is 11.8. The van der Waals surface area contributed by atoms with Gasteiger partial charge in [0.15, 0.2) is 9.84 Å². The van der Waals surface area contributed by atoms with E-state index < -0.39 is 21.8 Å². The molecule has 1 fully saturated rings. The van der Waals surface area contributed by atoms with E-state index in [-0.39, 0.29) is 10.7 Å². The largest absolute Gasteiger partial charge is 0.480 e. The van der Waals surface area contributed by atoms with Crippen LogP contribution in [0.3, 0.4) is 0 Å². The van der Waals surface area contributed by atoms with E-state index in [1.165, 1.54) is 18.3 Å². The molecule has 104 valence electrons. The van der Waals surface area contributed by atoms with Crippen molar-refractivity contribution in [3.63, 3.8) is 0 Å². The highest BCUT2D eigenvalue weighted by atomic mass is 32.2. The normalized spacial score (nSPS) is 20.3. The molecule has 0 saturated carbocycles. The monoisotopic (exact) mass is 302 g/mol. The van der Waals surface area contributed by atoms with Gasteiger partial charge in [-0.15, -0.1) is 0 Å². The smallest absolute Gasteiger partial charge is 0.327 e. The summed E-state index contributed by atoms with van der Waals surface area (Å²) in [5.74, 6) is 0.452. The van der Waals surface area contributed by atoms with Gasteiger partial charge in [0.25, 0.3) is 0 Å². The Kier molecular flexibility index (Phi) is 4.00. The van der Waals surface area contributed by atoms with Crippen molar-refractivity contribution in [2.45, 2.75) is 10.9 Å². The minimum atomic E-state index is -3.44. The molecule has 1 aliphatic rings. The number of sulfone groups is 1. The summed E-state index contributed by atoms with van der Waals surface area (Å²) in [5, 5.41) is 9.23. The number of carbonyl (C=O) groups is 1. The Morgan fingerprint density at radius 2 is 2.32 bits per heavy atom. The SMILES string of the molecule is CS(=O)(=O)c1cccnc1N1CCSCC1C(=O)O. The fourth-order valence-corrected chi connectivity index (χ4v) is 3.81. The summed E-state index contributed by atoms with van der Waals surface area (Å²) in [6.45, 7) is 0.473. The van der Waals surface area contributed by atoms with Gasteiger partial charge in [0, 0.05) is 30.5 Å². The molecule has 0 aliphatic carbocycles. The number of nitrogens with zero attached hydrogens (tertiary/aromatic N) is 2. The fraction of sp³-hybridized carbons (Fsp3) is 0.455. The zero-order valence-corrected chi connectivity index (χ0v) is 11.9. The van der Waals surface area contributed by atoms with Crippen LogP contribution in [0.4, 0.5) is 5.82 Å². The van der Waals surface area contributed by atoms with Crippen LogP contribution in [0.5, 0.6) is 0 Å². The van der Waals surface area contributed by atoms with Gasteiger partial charge in [0.1, 0.15) is 16.8 Å². The van der Waals surface area contributed by atoms with Crippen LogP contribution >= 0.6 is 11.8 Å². The Bertz CT molecular complexity index is 588. The highest BCUT2D eigenvalue weighted by molar-refractivity contribution is 7.99. The number of carboxylic acids is 1. The van der Waals surface area contributed by atoms with E-state index in [9.17, 15) is 18.3 Å². The van der Waals surface area contributed by atoms with E-state index in [1.807, 2.05) is 0 Å². The lowest BCUT2D eigenvalue weighted by atomic mass is 10.2. The van der Waals surface area contributed by atoms with Crippen LogP contribution in [0, 0.1) is 0 Å². The third kappa shape index (κ3) is 3.01. The minimum Gasteiger partial charge on any atom is -0.480 e. The van der Waals surface area contributed by atoms with Gasteiger partial charge in [-0.25, -0.2) is 18.2 Å². The number of rotatable bonds is 3. The molecule has 1 aromatic heterocycles. The van der Waals surface area contributed by atoms with E-state index in [0.29, 0.717) is 12.3 Å². The molecule has 1 aromatic rings. The molecule has 1 saturated heterocycles.